The van der Waals surface area contributed by atoms with Crippen molar-refractivity contribution >= 4 is 40.5 Å². The molecule has 8 heteroatoms. The van der Waals surface area contributed by atoms with Crippen molar-refractivity contribution in [2.45, 2.75) is 6.18 Å². The van der Waals surface area contributed by atoms with Gasteiger partial charge in [0, 0.05) is 10.7 Å². The molecule has 1 amide bonds. The second kappa shape index (κ2) is 7.10. The van der Waals surface area contributed by atoms with Crippen LogP contribution in [0, 0.1) is 0 Å². The van der Waals surface area contributed by atoms with Gasteiger partial charge in [-0.15, -0.1) is 0 Å². The van der Waals surface area contributed by atoms with E-state index in [4.69, 9.17) is 23.2 Å². The Balaban J connectivity index is 1.97. The Kier molecular flexibility index (Phi) is 5.38. The highest BCUT2D eigenvalue weighted by Gasteiger charge is 2.30. The molecule has 23 heavy (non-hydrogen) atoms. The Morgan fingerprint density at radius 1 is 1.09 bits per heavy atom. The number of rotatable bonds is 4. The van der Waals surface area contributed by atoms with E-state index in [-0.39, 0.29) is 17.3 Å². The van der Waals surface area contributed by atoms with Crippen LogP contribution in [0.2, 0.25) is 10.0 Å². The Morgan fingerprint density at radius 2 is 1.83 bits per heavy atom. The molecule has 122 valence electrons. The van der Waals surface area contributed by atoms with Crippen LogP contribution in [0.4, 0.5) is 24.5 Å². The Labute approximate surface area is 140 Å². The molecule has 0 aliphatic heterocycles. The lowest BCUT2D eigenvalue weighted by molar-refractivity contribution is -0.137. The van der Waals surface area contributed by atoms with E-state index >= 15 is 0 Å². The van der Waals surface area contributed by atoms with Gasteiger partial charge in [0.1, 0.15) is 0 Å². The summed E-state index contributed by atoms with van der Waals surface area (Å²) in [4.78, 5) is 11.8. The monoisotopic (exact) mass is 362 g/mol. The largest absolute Gasteiger partial charge is 0.416 e. The lowest BCUT2D eigenvalue weighted by Crippen LogP contribution is -2.22. The maximum atomic E-state index is 12.6. The number of hydrogen-bond donors (Lipinski definition) is 2. The highest BCUT2D eigenvalue weighted by molar-refractivity contribution is 6.36. The smallest absolute Gasteiger partial charge is 0.376 e. The lowest BCUT2D eigenvalue weighted by atomic mass is 10.2. The van der Waals surface area contributed by atoms with E-state index in [0.29, 0.717) is 10.7 Å². The molecule has 2 aromatic carbocycles. The Morgan fingerprint density at radius 3 is 2.48 bits per heavy atom. The van der Waals surface area contributed by atoms with Crippen LogP contribution >= 0.6 is 23.2 Å². The highest BCUT2D eigenvalue weighted by atomic mass is 35.5. The molecule has 0 bridgehead atoms. The van der Waals surface area contributed by atoms with Gasteiger partial charge in [0.25, 0.3) is 0 Å². The second-order valence-electron chi connectivity index (χ2n) is 4.60. The summed E-state index contributed by atoms with van der Waals surface area (Å²) >= 11 is 11.7. The zero-order valence-electron chi connectivity index (χ0n) is 11.5. The van der Waals surface area contributed by atoms with Crippen molar-refractivity contribution in [2.24, 2.45) is 0 Å². The van der Waals surface area contributed by atoms with Crippen LogP contribution in [0.5, 0.6) is 0 Å². The first-order valence-electron chi connectivity index (χ1n) is 6.42. The summed E-state index contributed by atoms with van der Waals surface area (Å²) in [6, 6.07) is 9.16. The van der Waals surface area contributed by atoms with Crippen LogP contribution in [0.1, 0.15) is 5.56 Å². The molecule has 0 saturated heterocycles. The maximum absolute atomic E-state index is 12.6. The van der Waals surface area contributed by atoms with E-state index in [0.717, 1.165) is 12.1 Å². The molecular formula is C15H11Cl2F3N2O. The summed E-state index contributed by atoms with van der Waals surface area (Å²) in [5.41, 5.74) is -0.229. The van der Waals surface area contributed by atoms with E-state index in [9.17, 15) is 18.0 Å². The Hall–Kier alpha value is -1.92. The normalized spacial score (nSPS) is 11.2. The molecule has 0 atom stereocenters. The molecule has 0 unspecified atom stereocenters. The van der Waals surface area contributed by atoms with Crippen molar-refractivity contribution in [1.29, 1.82) is 0 Å². The SMILES string of the molecule is O=C(CNc1cccc(C(F)(F)F)c1)Nc1ccc(Cl)cc1Cl. The molecule has 0 saturated carbocycles. The first-order chi connectivity index (χ1) is 10.8. The minimum absolute atomic E-state index is 0.192. The first kappa shape index (κ1) is 17.4. The lowest BCUT2D eigenvalue weighted by Gasteiger charge is -2.11. The molecule has 0 aromatic heterocycles. The molecule has 0 aliphatic rings. The summed E-state index contributed by atoms with van der Waals surface area (Å²) in [6.07, 6.45) is -4.43. The minimum Gasteiger partial charge on any atom is -0.376 e. The predicted octanol–water partition coefficient (Wildman–Crippen LogP) is 5.06. The number of alkyl halides is 3. The fourth-order valence-electron chi connectivity index (χ4n) is 1.77. The van der Waals surface area contributed by atoms with Crippen LogP contribution in [-0.2, 0) is 11.0 Å². The number of benzene rings is 2. The molecule has 2 rings (SSSR count). The number of carbonyl (C=O) groups is 1. The van der Waals surface area contributed by atoms with Gasteiger partial charge in [-0.25, -0.2) is 0 Å². The third kappa shape index (κ3) is 5.04. The standard InChI is InChI=1S/C15H11Cl2F3N2O/c16-10-4-5-13(12(17)7-10)22-14(23)8-21-11-3-1-2-9(6-11)15(18,19)20/h1-7,21H,8H2,(H,22,23). The van der Waals surface area contributed by atoms with Crippen LogP contribution in [-0.4, -0.2) is 12.5 Å². The van der Waals surface area contributed by atoms with Gasteiger partial charge in [-0.2, -0.15) is 13.2 Å². The first-order valence-corrected chi connectivity index (χ1v) is 7.17. The third-order valence-corrected chi connectivity index (χ3v) is 3.40. The number of halogens is 5. The summed E-state index contributed by atoms with van der Waals surface area (Å²) in [6.45, 7) is -0.208. The fraction of sp³-hybridized carbons (Fsp3) is 0.133. The van der Waals surface area contributed by atoms with Crippen LogP contribution in [0.3, 0.4) is 0 Å². The molecule has 0 aliphatic carbocycles. The maximum Gasteiger partial charge on any atom is 0.416 e. The van der Waals surface area contributed by atoms with Crippen molar-refractivity contribution in [3.8, 4) is 0 Å². The average Bonchev–Trinajstić information content (AvgIpc) is 2.47. The van der Waals surface area contributed by atoms with Crippen molar-refractivity contribution in [3.05, 3.63) is 58.1 Å². The van der Waals surface area contributed by atoms with Gasteiger partial charge in [-0.3, -0.25) is 4.79 Å². The van der Waals surface area contributed by atoms with Crippen molar-refractivity contribution in [2.75, 3.05) is 17.2 Å². The topological polar surface area (TPSA) is 41.1 Å². The summed E-state index contributed by atoms with van der Waals surface area (Å²) < 4.78 is 37.8. The molecule has 0 radical (unpaired) electrons. The Bertz CT molecular complexity index is 720. The average molecular weight is 363 g/mol. The van der Waals surface area contributed by atoms with E-state index in [1.54, 1.807) is 6.07 Å². The minimum atomic E-state index is -4.43. The van der Waals surface area contributed by atoms with E-state index in [2.05, 4.69) is 10.6 Å². The van der Waals surface area contributed by atoms with Crippen molar-refractivity contribution in [3.63, 3.8) is 0 Å². The number of nitrogens with one attached hydrogen (secondary N) is 2. The molecule has 2 aromatic rings. The summed E-state index contributed by atoms with van der Waals surface area (Å²) in [5.74, 6) is -0.452. The summed E-state index contributed by atoms with van der Waals surface area (Å²) in [7, 11) is 0. The van der Waals surface area contributed by atoms with E-state index in [1.165, 1.54) is 24.3 Å². The van der Waals surface area contributed by atoms with Crippen LogP contribution in [0.25, 0.3) is 0 Å². The van der Waals surface area contributed by atoms with Gasteiger partial charge in [-0.1, -0.05) is 29.3 Å². The third-order valence-electron chi connectivity index (χ3n) is 2.85. The van der Waals surface area contributed by atoms with Gasteiger partial charge >= 0.3 is 6.18 Å². The van der Waals surface area contributed by atoms with Gasteiger partial charge in [0.15, 0.2) is 0 Å². The molecule has 0 fully saturated rings. The van der Waals surface area contributed by atoms with Gasteiger partial charge in [-0.05, 0) is 36.4 Å². The summed E-state index contributed by atoms with van der Waals surface area (Å²) in [5, 5.41) is 5.86. The number of carbonyl (C=O) groups excluding carboxylic acids is 1. The predicted molar refractivity (Wildman–Crippen MR) is 85.0 cm³/mol. The highest BCUT2D eigenvalue weighted by Crippen LogP contribution is 2.30. The second-order valence-corrected chi connectivity index (χ2v) is 5.45. The zero-order chi connectivity index (χ0) is 17.0. The van der Waals surface area contributed by atoms with Gasteiger partial charge in [0.05, 0.1) is 22.8 Å². The quantitative estimate of drug-likeness (QED) is 0.797. The van der Waals surface area contributed by atoms with Crippen molar-refractivity contribution in [1.82, 2.24) is 0 Å². The molecule has 2 N–H and O–H groups in total. The van der Waals surface area contributed by atoms with E-state index in [1.807, 2.05) is 0 Å². The van der Waals surface area contributed by atoms with Gasteiger partial charge < -0.3 is 10.6 Å². The molecule has 0 heterocycles. The molecular weight excluding hydrogens is 352 g/mol. The zero-order valence-corrected chi connectivity index (χ0v) is 13.1. The van der Waals surface area contributed by atoms with Gasteiger partial charge in [0.2, 0.25) is 5.91 Å². The molecule has 0 spiro atoms. The van der Waals surface area contributed by atoms with E-state index < -0.39 is 17.6 Å². The van der Waals surface area contributed by atoms with Crippen molar-refractivity contribution < 1.29 is 18.0 Å². The van der Waals surface area contributed by atoms with Crippen LogP contribution < -0.4 is 10.6 Å². The number of amides is 1. The van der Waals surface area contributed by atoms with Crippen LogP contribution in [0.15, 0.2) is 42.5 Å². The molecule has 3 nitrogen and oxygen atoms in total. The number of hydrogen-bond acceptors (Lipinski definition) is 2. The fourth-order valence-corrected chi connectivity index (χ4v) is 2.23. The number of anilines is 2.